The van der Waals surface area contributed by atoms with Crippen LogP contribution in [0, 0.1) is 12.7 Å². The number of halogens is 2. The topological polar surface area (TPSA) is 72.2 Å². The van der Waals surface area contributed by atoms with E-state index in [1.54, 1.807) is 12.1 Å². The van der Waals surface area contributed by atoms with Gasteiger partial charge >= 0.3 is 0 Å². The van der Waals surface area contributed by atoms with Gasteiger partial charge in [-0.05, 0) is 37.3 Å². The number of hydrazone groups is 1. The minimum absolute atomic E-state index is 0.0666. The number of carbonyl (C=O) groups excluding carboxylic acids is 1. The van der Waals surface area contributed by atoms with Crippen LogP contribution in [0.2, 0.25) is 0 Å². The van der Waals surface area contributed by atoms with Crippen LogP contribution in [0.25, 0.3) is 17.1 Å². The number of thioether (sulfide) groups is 1. The predicted octanol–water partition coefficient (Wildman–Crippen LogP) is 5.39. The van der Waals surface area contributed by atoms with Crippen molar-refractivity contribution in [2.75, 3.05) is 5.75 Å². The number of nitrogens with zero attached hydrogens (tertiary/aromatic N) is 4. The van der Waals surface area contributed by atoms with Gasteiger partial charge in [0.2, 0.25) is 0 Å². The summed E-state index contributed by atoms with van der Waals surface area (Å²) in [6.45, 7) is 2.02. The second-order valence-electron chi connectivity index (χ2n) is 7.09. The molecule has 166 valence electrons. The molecule has 0 radical (unpaired) electrons. The number of aryl methyl sites for hydroxylation is 1. The average Bonchev–Trinajstić information content (AvgIpc) is 3.25. The van der Waals surface area contributed by atoms with E-state index in [-0.39, 0.29) is 17.2 Å². The highest BCUT2D eigenvalue weighted by molar-refractivity contribution is 9.10. The van der Waals surface area contributed by atoms with Crippen LogP contribution in [0.1, 0.15) is 11.1 Å². The van der Waals surface area contributed by atoms with Crippen molar-refractivity contribution in [2.45, 2.75) is 12.1 Å². The van der Waals surface area contributed by atoms with E-state index in [0.29, 0.717) is 11.0 Å². The van der Waals surface area contributed by atoms with Crippen LogP contribution >= 0.6 is 27.7 Å². The lowest BCUT2D eigenvalue weighted by Gasteiger charge is -2.10. The first-order valence-electron chi connectivity index (χ1n) is 9.99. The Labute approximate surface area is 203 Å². The maximum Gasteiger partial charge on any atom is 0.250 e. The van der Waals surface area contributed by atoms with Crippen molar-refractivity contribution in [3.8, 4) is 17.1 Å². The van der Waals surface area contributed by atoms with Crippen molar-refractivity contribution in [3.63, 3.8) is 0 Å². The summed E-state index contributed by atoms with van der Waals surface area (Å²) in [7, 11) is 0. The molecule has 0 saturated heterocycles. The van der Waals surface area contributed by atoms with Crippen molar-refractivity contribution < 1.29 is 9.18 Å². The Morgan fingerprint density at radius 3 is 2.64 bits per heavy atom. The Kier molecular flexibility index (Phi) is 7.31. The van der Waals surface area contributed by atoms with Crippen LogP contribution in [-0.2, 0) is 4.79 Å². The number of hydrogen-bond donors (Lipinski definition) is 1. The summed E-state index contributed by atoms with van der Waals surface area (Å²) in [5.41, 5.74) is 5.65. The number of rotatable bonds is 7. The summed E-state index contributed by atoms with van der Waals surface area (Å²) in [5.74, 6) is -0.0148. The molecular weight excluding hydrogens is 505 g/mol. The monoisotopic (exact) mass is 523 g/mol. The Morgan fingerprint density at radius 2 is 1.88 bits per heavy atom. The highest BCUT2D eigenvalue weighted by Crippen LogP contribution is 2.28. The summed E-state index contributed by atoms with van der Waals surface area (Å²) in [5, 5.41) is 13.1. The van der Waals surface area contributed by atoms with Crippen LogP contribution in [0.3, 0.4) is 0 Å². The molecule has 0 aliphatic heterocycles. The zero-order valence-corrected chi connectivity index (χ0v) is 20.0. The summed E-state index contributed by atoms with van der Waals surface area (Å²) in [4.78, 5) is 12.3. The molecule has 1 N–H and O–H groups in total. The molecule has 0 unspecified atom stereocenters. The number of benzene rings is 3. The molecule has 0 aliphatic carbocycles. The van der Waals surface area contributed by atoms with Crippen molar-refractivity contribution in [1.82, 2.24) is 20.2 Å². The molecule has 1 amide bonds. The van der Waals surface area contributed by atoms with Gasteiger partial charge in [-0.3, -0.25) is 9.36 Å². The van der Waals surface area contributed by atoms with E-state index in [1.165, 1.54) is 24.0 Å². The zero-order valence-electron chi connectivity index (χ0n) is 17.6. The fraction of sp³-hybridized carbons (Fsp3) is 0.0833. The molecule has 4 rings (SSSR count). The van der Waals surface area contributed by atoms with Gasteiger partial charge in [-0.1, -0.05) is 75.7 Å². The summed E-state index contributed by atoms with van der Waals surface area (Å²) < 4.78 is 16.4. The lowest BCUT2D eigenvalue weighted by Crippen LogP contribution is -2.20. The molecule has 6 nitrogen and oxygen atoms in total. The van der Waals surface area contributed by atoms with E-state index in [9.17, 15) is 9.18 Å². The molecule has 0 saturated carbocycles. The minimum Gasteiger partial charge on any atom is -0.272 e. The predicted molar refractivity (Wildman–Crippen MR) is 132 cm³/mol. The van der Waals surface area contributed by atoms with E-state index in [1.807, 2.05) is 66.1 Å². The van der Waals surface area contributed by atoms with Crippen LogP contribution in [0.15, 0.2) is 87.5 Å². The first-order chi connectivity index (χ1) is 16.0. The molecule has 0 atom stereocenters. The van der Waals surface area contributed by atoms with E-state index in [4.69, 9.17) is 0 Å². The molecule has 0 bridgehead atoms. The number of nitrogens with one attached hydrogen (secondary N) is 1. The molecule has 9 heteroatoms. The van der Waals surface area contributed by atoms with Gasteiger partial charge in [-0.15, -0.1) is 10.2 Å². The van der Waals surface area contributed by atoms with Gasteiger partial charge in [0.15, 0.2) is 11.0 Å². The third-order valence-corrected chi connectivity index (χ3v) is 6.06. The summed E-state index contributed by atoms with van der Waals surface area (Å²) >= 11 is 4.53. The third kappa shape index (κ3) is 5.74. The first-order valence-corrected chi connectivity index (χ1v) is 11.8. The fourth-order valence-corrected chi connectivity index (χ4v) is 4.14. The van der Waals surface area contributed by atoms with E-state index in [2.05, 4.69) is 36.7 Å². The standard InChI is InChI=1S/C24H19BrFN5OS/c1-16-7-10-20(11-8-16)31-23(17-5-3-2-4-6-17)29-30-24(31)33-15-22(32)28-27-14-18-13-19(25)9-12-21(18)26/h2-14H,15H2,1H3,(H,28,32). The smallest absolute Gasteiger partial charge is 0.250 e. The molecule has 0 spiro atoms. The van der Waals surface area contributed by atoms with Gasteiger partial charge in [0.25, 0.3) is 5.91 Å². The fourth-order valence-electron chi connectivity index (χ4n) is 3.01. The highest BCUT2D eigenvalue weighted by Gasteiger charge is 2.17. The molecule has 1 heterocycles. The first kappa shape index (κ1) is 22.9. The van der Waals surface area contributed by atoms with Crippen molar-refractivity contribution >= 4 is 39.8 Å². The second-order valence-corrected chi connectivity index (χ2v) is 8.95. The minimum atomic E-state index is -0.426. The van der Waals surface area contributed by atoms with Gasteiger partial charge in [-0.25, -0.2) is 9.82 Å². The molecule has 33 heavy (non-hydrogen) atoms. The molecule has 4 aromatic rings. The maximum absolute atomic E-state index is 13.8. The SMILES string of the molecule is Cc1ccc(-n2c(SCC(=O)NN=Cc3cc(Br)ccc3F)nnc2-c2ccccc2)cc1. The Hall–Kier alpha value is -3.30. The van der Waals surface area contributed by atoms with E-state index >= 15 is 0 Å². The largest absolute Gasteiger partial charge is 0.272 e. The van der Waals surface area contributed by atoms with Gasteiger partial charge in [0, 0.05) is 21.3 Å². The van der Waals surface area contributed by atoms with Crippen LogP contribution < -0.4 is 5.43 Å². The van der Waals surface area contributed by atoms with E-state index < -0.39 is 5.82 Å². The van der Waals surface area contributed by atoms with Crippen LogP contribution in [0.4, 0.5) is 4.39 Å². The Balaban J connectivity index is 1.50. The third-order valence-electron chi connectivity index (χ3n) is 4.64. The summed E-state index contributed by atoms with van der Waals surface area (Å²) in [6, 6.07) is 22.3. The molecule has 0 aliphatic rings. The second kappa shape index (κ2) is 10.5. The quantitative estimate of drug-likeness (QED) is 0.200. The molecule has 1 aromatic heterocycles. The van der Waals surface area contributed by atoms with Gasteiger partial charge in [0.05, 0.1) is 12.0 Å². The summed E-state index contributed by atoms with van der Waals surface area (Å²) in [6.07, 6.45) is 1.27. The lowest BCUT2D eigenvalue weighted by atomic mass is 10.2. The van der Waals surface area contributed by atoms with Crippen LogP contribution in [-0.4, -0.2) is 32.6 Å². The Morgan fingerprint density at radius 1 is 1.12 bits per heavy atom. The number of hydrogen-bond acceptors (Lipinski definition) is 5. The van der Waals surface area contributed by atoms with Crippen molar-refractivity contribution in [3.05, 3.63) is 94.2 Å². The van der Waals surface area contributed by atoms with Crippen LogP contribution in [0.5, 0.6) is 0 Å². The highest BCUT2D eigenvalue weighted by atomic mass is 79.9. The van der Waals surface area contributed by atoms with Crippen molar-refractivity contribution in [2.24, 2.45) is 5.10 Å². The Bertz CT molecular complexity index is 1290. The van der Waals surface area contributed by atoms with Crippen molar-refractivity contribution in [1.29, 1.82) is 0 Å². The van der Waals surface area contributed by atoms with Gasteiger partial charge < -0.3 is 0 Å². The maximum atomic E-state index is 13.8. The number of carbonyl (C=O) groups is 1. The zero-order chi connectivity index (χ0) is 23.2. The normalized spacial score (nSPS) is 11.1. The molecular formula is C24H19BrFN5OS. The molecule has 3 aromatic carbocycles. The van der Waals surface area contributed by atoms with E-state index in [0.717, 1.165) is 21.3 Å². The average molecular weight is 524 g/mol. The lowest BCUT2D eigenvalue weighted by molar-refractivity contribution is -0.118. The van der Waals surface area contributed by atoms with Gasteiger partial charge in [-0.2, -0.15) is 5.10 Å². The number of amides is 1. The van der Waals surface area contributed by atoms with Gasteiger partial charge in [0.1, 0.15) is 5.82 Å². The number of aromatic nitrogens is 3. The molecule has 0 fully saturated rings.